The molecule has 0 aromatic carbocycles. The van der Waals surface area contributed by atoms with Crippen LogP contribution in [0, 0.1) is 0 Å². The molecule has 1 aromatic heterocycles. The van der Waals surface area contributed by atoms with Crippen molar-refractivity contribution in [3.05, 3.63) is 17.7 Å². The zero-order chi connectivity index (χ0) is 8.89. The van der Waals surface area contributed by atoms with E-state index in [1.54, 1.807) is 0 Å². The molecule has 1 fully saturated rings. The lowest BCUT2D eigenvalue weighted by atomic mass is 10.2. The maximum Gasteiger partial charge on any atom is 0.109 e. The minimum Gasteiger partial charge on any atom is -0.383 e. The van der Waals surface area contributed by atoms with Crippen molar-refractivity contribution in [3.8, 4) is 0 Å². The van der Waals surface area contributed by atoms with E-state index in [-0.39, 0.29) is 0 Å². The number of aromatic nitrogens is 2. The number of hydrogen-bond acceptors (Lipinski definition) is 2. The van der Waals surface area contributed by atoms with Crippen LogP contribution in [-0.4, -0.2) is 14.7 Å². The molecule has 0 radical (unpaired) electrons. The summed E-state index contributed by atoms with van der Waals surface area (Å²) in [6.07, 6.45) is 7.40. The molecule has 0 atom stereocenters. The second-order valence-electron chi connectivity index (χ2n) is 4.22. The molecular formula is C10H14N2O. The topological polar surface area (TPSA) is 38.0 Å². The van der Waals surface area contributed by atoms with Crippen molar-refractivity contribution < 1.29 is 5.11 Å². The van der Waals surface area contributed by atoms with Crippen molar-refractivity contribution in [2.75, 3.05) is 0 Å². The maximum absolute atomic E-state index is 9.87. The van der Waals surface area contributed by atoms with E-state index in [4.69, 9.17) is 0 Å². The van der Waals surface area contributed by atoms with Gasteiger partial charge in [-0.3, -0.25) is 0 Å². The fourth-order valence-corrected chi connectivity index (χ4v) is 2.01. The highest BCUT2D eigenvalue weighted by atomic mass is 16.3. The Labute approximate surface area is 77.4 Å². The average molecular weight is 178 g/mol. The van der Waals surface area contributed by atoms with Gasteiger partial charge in [0.15, 0.2) is 0 Å². The Kier molecular flexibility index (Phi) is 1.37. The van der Waals surface area contributed by atoms with Gasteiger partial charge < -0.3 is 9.67 Å². The minimum atomic E-state index is -0.551. The van der Waals surface area contributed by atoms with Crippen LogP contribution in [0.3, 0.4) is 0 Å². The first-order valence-electron chi connectivity index (χ1n) is 5.07. The third kappa shape index (κ3) is 1.10. The SMILES string of the molecule is OC1(c2cn3c(n2)CCCC3)CC1. The first kappa shape index (κ1) is 7.56. The summed E-state index contributed by atoms with van der Waals surface area (Å²) >= 11 is 0. The molecule has 1 N–H and O–H groups in total. The summed E-state index contributed by atoms with van der Waals surface area (Å²) in [7, 11) is 0. The highest BCUT2D eigenvalue weighted by Gasteiger charge is 2.44. The quantitative estimate of drug-likeness (QED) is 0.701. The Morgan fingerprint density at radius 2 is 2.23 bits per heavy atom. The Morgan fingerprint density at radius 3 is 2.92 bits per heavy atom. The lowest BCUT2D eigenvalue weighted by molar-refractivity contribution is 0.147. The van der Waals surface area contributed by atoms with Gasteiger partial charge in [0.05, 0.1) is 5.69 Å². The van der Waals surface area contributed by atoms with E-state index >= 15 is 0 Å². The largest absolute Gasteiger partial charge is 0.383 e. The summed E-state index contributed by atoms with van der Waals surface area (Å²) in [5.74, 6) is 1.17. The predicted octanol–water partition coefficient (Wildman–Crippen LogP) is 1.20. The second-order valence-corrected chi connectivity index (χ2v) is 4.22. The summed E-state index contributed by atoms with van der Waals surface area (Å²) < 4.78 is 2.20. The number of aryl methyl sites for hydroxylation is 2. The van der Waals surface area contributed by atoms with Crippen LogP contribution in [0.25, 0.3) is 0 Å². The number of fused-ring (bicyclic) bond motifs is 1. The van der Waals surface area contributed by atoms with Gasteiger partial charge in [-0.1, -0.05) is 0 Å². The molecule has 0 bridgehead atoms. The van der Waals surface area contributed by atoms with Crippen LogP contribution < -0.4 is 0 Å². The van der Waals surface area contributed by atoms with Gasteiger partial charge in [0.1, 0.15) is 11.4 Å². The Morgan fingerprint density at radius 1 is 1.38 bits per heavy atom. The van der Waals surface area contributed by atoms with Crippen molar-refractivity contribution in [1.29, 1.82) is 0 Å². The number of hydrogen-bond donors (Lipinski definition) is 1. The van der Waals surface area contributed by atoms with Gasteiger partial charge in [0, 0.05) is 19.2 Å². The van der Waals surface area contributed by atoms with E-state index in [9.17, 15) is 5.11 Å². The fraction of sp³-hybridized carbons (Fsp3) is 0.700. The van der Waals surface area contributed by atoms with Gasteiger partial charge in [-0.05, 0) is 25.7 Å². The van der Waals surface area contributed by atoms with E-state index in [0.29, 0.717) is 0 Å². The van der Waals surface area contributed by atoms with Gasteiger partial charge in [-0.25, -0.2) is 4.98 Å². The molecule has 1 saturated carbocycles. The molecule has 13 heavy (non-hydrogen) atoms. The maximum atomic E-state index is 9.87. The molecule has 1 aliphatic heterocycles. The summed E-state index contributed by atoms with van der Waals surface area (Å²) in [4.78, 5) is 4.50. The Bertz CT molecular complexity index is 315. The molecule has 0 saturated heterocycles. The minimum absolute atomic E-state index is 0.551. The van der Waals surface area contributed by atoms with Crippen molar-refractivity contribution in [1.82, 2.24) is 9.55 Å². The highest BCUT2D eigenvalue weighted by Crippen LogP contribution is 2.44. The molecule has 3 nitrogen and oxygen atoms in total. The molecule has 0 unspecified atom stereocenters. The Hall–Kier alpha value is -0.830. The molecule has 1 aromatic rings. The molecule has 1 aliphatic carbocycles. The predicted molar refractivity (Wildman–Crippen MR) is 48.3 cm³/mol. The first-order chi connectivity index (χ1) is 6.28. The van der Waals surface area contributed by atoms with Gasteiger partial charge in [0.2, 0.25) is 0 Å². The summed E-state index contributed by atoms with van der Waals surface area (Å²) in [5.41, 5.74) is 0.356. The van der Waals surface area contributed by atoms with E-state index in [0.717, 1.165) is 31.5 Å². The first-order valence-corrected chi connectivity index (χ1v) is 5.07. The van der Waals surface area contributed by atoms with Gasteiger partial charge in [-0.15, -0.1) is 0 Å². The normalized spacial score (nSPS) is 24.1. The summed E-state index contributed by atoms with van der Waals surface area (Å²) in [5, 5.41) is 9.87. The smallest absolute Gasteiger partial charge is 0.109 e. The van der Waals surface area contributed by atoms with E-state index in [1.165, 1.54) is 18.7 Å². The molecule has 3 heteroatoms. The van der Waals surface area contributed by atoms with Crippen molar-refractivity contribution in [2.24, 2.45) is 0 Å². The molecule has 2 aliphatic rings. The average Bonchev–Trinajstić information content (AvgIpc) is 2.76. The van der Waals surface area contributed by atoms with Gasteiger partial charge >= 0.3 is 0 Å². The van der Waals surface area contributed by atoms with Crippen LogP contribution in [0.1, 0.15) is 37.2 Å². The molecule has 70 valence electrons. The van der Waals surface area contributed by atoms with E-state index < -0.39 is 5.60 Å². The number of rotatable bonds is 1. The van der Waals surface area contributed by atoms with Crippen molar-refractivity contribution >= 4 is 0 Å². The second kappa shape index (κ2) is 2.35. The third-order valence-electron chi connectivity index (χ3n) is 3.11. The molecule has 2 heterocycles. The van der Waals surface area contributed by atoms with Crippen LogP contribution in [0.2, 0.25) is 0 Å². The van der Waals surface area contributed by atoms with Crippen LogP contribution in [0.5, 0.6) is 0 Å². The number of imidazole rings is 1. The molecule has 0 amide bonds. The van der Waals surface area contributed by atoms with E-state index in [2.05, 4.69) is 9.55 Å². The Balaban J connectivity index is 2.00. The molecule has 3 rings (SSSR count). The lowest BCUT2D eigenvalue weighted by Gasteiger charge is -2.11. The zero-order valence-corrected chi connectivity index (χ0v) is 7.66. The van der Waals surface area contributed by atoms with Crippen molar-refractivity contribution in [3.63, 3.8) is 0 Å². The van der Waals surface area contributed by atoms with Crippen LogP contribution in [0.4, 0.5) is 0 Å². The number of aliphatic hydroxyl groups is 1. The lowest BCUT2D eigenvalue weighted by Crippen LogP contribution is -2.08. The summed E-state index contributed by atoms with van der Waals surface area (Å²) in [6, 6.07) is 0. The van der Waals surface area contributed by atoms with Gasteiger partial charge in [0.25, 0.3) is 0 Å². The third-order valence-corrected chi connectivity index (χ3v) is 3.11. The number of nitrogens with zero attached hydrogens (tertiary/aromatic N) is 2. The zero-order valence-electron chi connectivity index (χ0n) is 7.66. The van der Waals surface area contributed by atoms with Crippen LogP contribution in [-0.2, 0) is 18.6 Å². The van der Waals surface area contributed by atoms with E-state index in [1.807, 2.05) is 6.20 Å². The molecular weight excluding hydrogens is 164 g/mol. The fourth-order valence-electron chi connectivity index (χ4n) is 2.01. The van der Waals surface area contributed by atoms with Crippen molar-refractivity contribution in [2.45, 2.75) is 44.2 Å². The highest BCUT2D eigenvalue weighted by molar-refractivity contribution is 5.19. The summed E-state index contributed by atoms with van der Waals surface area (Å²) in [6.45, 7) is 1.08. The molecule has 0 spiro atoms. The standard InChI is InChI=1S/C10H14N2O/c13-10(4-5-10)8-7-12-6-2-1-3-9(12)11-8/h7,13H,1-6H2. The van der Waals surface area contributed by atoms with Crippen LogP contribution >= 0.6 is 0 Å². The monoisotopic (exact) mass is 178 g/mol. The van der Waals surface area contributed by atoms with Gasteiger partial charge in [-0.2, -0.15) is 0 Å². The van der Waals surface area contributed by atoms with Crippen LogP contribution in [0.15, 0.2) is 6.20 Å².